The van der Waals surface area contributed by atoms with Crippen molar-refractivity contribution in [2.45, 2.75) is 64.7 Å². The highest BCUT2D eigenvalue weighted by atomic mass is 16.5. The third kappa shape index (κ3) is 4.29. The van der Waals surface area contributed by atoms with Crippen molar-refractivity contribution in [3.8, 4) is 0 Å². The summed E-state index contributed by atoms with van der Waals surface area (Å²) in [4.78, 5) is 4.52. The average molecular weight is 262 g/mol. The topological polar surface area (TPSA) is 34.2 Å². The van der Waals surface area contributed by atoms with Gasteiger partial charge in [-0.15, -0.1) is 0 Å². The van der Waals surface area contributed by atoms with E-state index in [1.54, 1.807) is 0 Å². The Hall–Kier alpha value is -0.930. The van der Waals surface area contributed by atoms with Crippen LogP contribution in [-0.2, 0) is 11.2 Å². The lowest BCUT2D eigenvalue weighted by molar-refractivity contribution is 0.0319. The normalized spacial score (nSPS) is 24.6. The quantitative estimate of drug-likeness (QED) is 0.856. The molecule has 1 saturated heterocycles. The molecule has 3 heteroatoms. The number of hydrogen-bond acceptors (Lipinski definition) is 3. The summed E-state index contributed by atoms with van der Waals surface area (Å²) < 4.78 is 6.03. The van der Waals surface area contributed by atoms with E-state index in [0.29, 0.717) is 18.2 Å². The van der Waals surface area contributed by atoms with E-state index in [1.807, 2.05) is 6.20 Å². The van der Waals surface area contributed by atoms with E-state index in [0.717, 1.165) is 31.5 Å². The van der Waals surface area contributed by atoms with Crippen LogP contribution in [0.5, 0.6) is 0 Å². The highest BCUT2D eigenvalue weighted by molar-refractivity contribution is 5.13. The van der Waals surface area contributed by atoms with Crippen LogP contribution in [0.2, 0.25) is 0 Å². The van der Waals surface area contributed by atoms with Crippen LogP contribution in [0, 0.1) is 6.92 Å². The standard InChI is InChI=1S/C16H26N2O/c1-4-9-17-15(16-8-6-13(3)19-16)10-14-7-5-12(2)11-18-14/h5,7,11,13,15-17H,4,6,8-10H2,1-3H3. The smallest absolute Gasteiger partial charge is 0.0736 e. The van der Waals surface area contributed by atoms with E-state index in [2.05, 4.69) is 43.2 Å². The summed E-state index contributed by atoms with van der Waals surface area (Å²) in [5.74, 6) is 0. The van der Waals surface area contributed by atoms with Crippen molar-refractivity contribution in [2.75, 3.05) is 6.54 Å². The van der Waals surface area contributed by atoms with E-state index in [4.69, 9.17) is 4.74 Å². The van der Waals surface area contributed by atoms with Crippen LogP contribution in [0.4, 0.5) is 0 Å². The SMILES string of the molecule is CCCNC(Cc1ccc(C)cn1)C1CCC(C)O1. The second-order valence-electron chi connectivity index (χ2n) is 5.65. The minimum atomic E-state index is 0.338. The molecule has 2 rings (SSSR count). The van der Waals surface area contributed by atoms with Crippen molar-refractivity contribution in [1.29, 1.82) is 0 Å². The summed E-state index contributed by atoms with van der Waals surface area (Å²) in [6.07, 6.45) is 7.14. The van der Waals surface area contributed by atoms with Crippen molar-refractivity contribution in [2.24, 2.45) is 0 Å². The van der Waals surface area contributed by atoms with Crippen LogP contribution in [0.25, 0.3) is 0 Å². The zero-order valence-electron chi connectivity index (χ0n) is 12.4. The Kier molecular flexibility index (Phi) is 5.34. The maximum absolute atomic E-state index is 6.03. The van der Waals surface area contributed by atoms with E-state index >= 15 is 0 Å². The lowest BCUT2D eigenvalue weighted by atomic mass is 10.0. The highest BCUT2D eigenvalue weighted by Gasteiger charge is 2.29. The largest absolute Gasteiger partial charge is 0.374 e. The summed E-state index contributed by atoms with van der Waals surface area (Å²) in [6, 6.07) is 4.66. The molecule has 0 saturated carbocycles. The highest BCUT2D eigenvalue weighted by Crippen LogP contribution is 2.23. The van der Waals surface area contributed by atoms with Gasteiger partial charge in [0.05, 0.1) is 12.2 Å². The van der Waals surface area contributed by atoms with E-state index in [-0.39, 0.29) is 0 Å². The average Bonchev–Trinajstić information content (AvgIpc) is 2.83. The third-order valence-electron chi connectivity index (χ3n) is 3.77. The van der Waals surface area contributed by atoms with E-state index < -0.39 is 0 Å². The molecule has 106 valence electrons. The summed E-state index contributed by atoms with van der Waals surface area (Å²) in [7, 11) is 0. The Labute approximate surface area is 116 Å². The zero-order chi connectivity index (χ0) is 13.7. The molecule has 0 bridgehead atoms. The molecule has 1 aromatic heterocycles. The van der Waals surface area contributed by atoms with E-state index in [9.17, 15) is 0 Å². The molecule has 0 spiro atoms. The number of nitrogens with one attached hydrogen (secondary N) is 1. The molecule has 1 fully saturated rings. The second kappa shape index (κ2) is 7.01. The number of aromatic nitrogens is 1. The van der Waals surface area contributed by atoms with Crippen LogP contribution in [0.1, 0.15) is 44.4 Å². The fourth-order valence-electron chi connectivity index (χ4n) is 2.64. The lowest BCUT2D eigenvalue weighted by Gasteiger charge is -2.24. The molecule has 0 aliphatic carbocycles. The molecule has 0 aromatic carbocycles. The molecule has 3 nitrogen and oxygen atoms in total. The first kappa shape index (κ1) is 14.5. The van der Waals surface area contributed by atoms with Gasteiger partial charge in [0, 0.05) is 24.4 Å². The molecule has 3 atom stereocenters. The Morgan fingerprint density at radius 2 is 2.26 bits per heavy atom. The van der Waals surface area contributed by atoms with Crippen molar-refractivity contribution < 1.29 is 4.74 Å². The molecule has 3 unspecified atom stereocenters. The number of aryl methyl sites for hydroxylation is 1. The molecule has 0 radical (unpaired) electrons. The van der Waals surface area contributed by atoms with Gasteiger partial charge in [-0.3, -0.25) is 4.98 Å². The number of nitrogens with zero attached hydrogens (tertiary/aromatic N) is 1. The van der Waals surface area contributed by atoms with Crippen molar-refractivity contribution in [3.63, 3.8) is 0 Å². The van der Waals surface area contributed by atoms with Crippen molar-refractivity contribution in [3.05, 3.63) is 29.6 Å². The van der Waals surface area contributed by atoms with Gasteiger partial charge in [0.2, 0.25) is 0 Å². The molecular weight excluding hydrogens is 236 g/mol. The van der Waals surface area contributed by atoms with Gasteiger partial charge in [-0.05, 0) is 51.3 Å². The van der Waals surface area contributed by atoms with Crippen molar-refractivity contribution >= 4 is 0 Å². The number of ether oxygens (including phenoxy) is 1. The Bertz CT molecular complexity index is 377. The summed E-state index contributed by atoms with van der Waals surface area (Å²) in [6.45, 7) is 7.49. The molecular formula is C16H26N2O. The van der Waals surface area contributed by atoms with E-state index in [1.165, 1.54) is 12.0 Å². The second-order valence-corrected chi connectivity index (χ2v) is 5.65. The summed E-state index contributed by atoms with van der Waals surface area (Å²) in [5.41, 5.74) is 2.37. The monoisotopic (exact) mass is 262 g/mol. The predicted octanol–water partition coefficient (Wildman–Crippen LogP) is 2.87. The molecule has 0 amide bonds. The number of rotatable bonds is 6. The van der Waals surface area contributed by atoms with Gasteiger partial charge < -0.3 is 10.1 Å². The van der Waals surface area contributed by atoms with Gasteiger partial charge in [0.1, 0.15) is 0 Å². The molecule has 1 N–H and O–H groups in total. The Balaban J connectivity index is 1.98. The number of pyridine rings is 1. The van der Waals surface area contributed by atoms with Gasteiger partial charge in [-0.25, -0.2) is 0 Å². The van der Waals surface area contributed by atoms with Crippen molar-refractivity contribution in [1.82, 2.24) is 10.3 Å². The zero-order valence-corrected chi connectivity index (χ0v) is 12.4. The molecule has 1 aromatic rings. The van der Waals surface area contributed by atoms with Crippen LogP contribution < -0.4 is 5.32 Å². The summed E-state index contributed by atoms with van der Waals surface area (Å²) >= 11 is 0. The van der Waals surface area contributed by atoms with Crippen LogP contribution in [0.15, 0.2) is 18.3 Å². The Morgan fingerprint density at radius 1 is 1.42 bits per heavy atom. The van der Waals surface area contributed by atoms with Gasteiger partial charge in [0.25, 0.3) is 0 Å². The fourth-order valence-corrected chi connectivity index (χ4v) is 2.64. The first-order valence-corrected chi connectivity index (χ1v) is 7.49. The number of hydrogen-bond donors (Lipinski definition) is 1. The van der Waals surface area contributed by atoms with Crippen LogP contribution >= 0.6 is 0 Å². The first-order chi connectivity index (χ1) is 9.19. The van der Waals surface area contributed by atoms with Crippen LogP contribution in [-0.4, -0.2) is 29.8 Å². The maximum atomic E-state index is 6.03. The Morgan fingerprint density at radius 3 is 2.84 bits per heavy atom. The van der Waals surface area contributed by atoms with Gasteiger partial charge in [-0.2, -0.15) is 0 Å². The minimum Gasteiger partial charge on any atom is -0.374 e. The summed E-state index contributed by atoms with van der Waals surface area (Å²) in [5, 5.41) is 3.63. The van der Waals surface area contributed by atoms with Gasteiger partial charge >= 0.3 is 0 Å². The van der Waals surface area contributed by atoms with Crippen LogP contribution in [0.3, 0.4) is 0 Å². The van der Waals surface area contributed by atoms with Gasteiger partial charge in [-0.1, -0.05) is 13.0 Å². The third-order valence-corrected chi connectivity index (χ3v) is 3.77. The molecule has 1 aliphatic rings. The first-order valence-electron chi connectivity index (χ1n) is 7.49. The molecule has 1 aliphatic heterocycles. The molecule has 2 heterocycles. The fraction of sp³-hybridized carbons (Fsp3) is 0.688. The van der Waals surface area contributed by atoms with Gasteiger partial charge in [0.15, 0.2) is 0 Å². The minimum absolute atomic E-state index is 0.338. The predicted molar refractivity (Wildman–Crippen MR) is 78.3 cm³/mol. The molecule has 19 heavy (non-hydrogen) atoms. The lowest BCUT2D eigenvalue weighted by Crippen LogP contribution is -2.42. The maximum Gasteiger partial charge on any atom is 0.0736 e.